The first kappa shape index (κ1) is 19.4. The summed E-state index contributed by atoms with van der Waals surface area (Å²) < 4.78 is 34.0. The Morgan fingerprint density at radius 3 is 2.59 bits per heavy atom. The van der Waals surface area contributed by atoms with Gasteiger partial charge < -0.3 is 10.1 Å². The molecular weight excluding hydrogens is 376 g/mol. The second-order valence-corrected chi connectivity index (χ2v) is 7.72. The number of amides is 1. The minimum Gasteiger partial charge on any atom is -0.494 e. The standard InChI is InChI=1S/C22H23F2N3O2/c1-13-3-6-16(7-4-13)27-12-15-10-20(21(29-2)11-19(15)26-27)25-22(28)14-5-8-17(23)18(24)9-14/h5,8-13,16H,3-4,6-7H2,1-2H3,(H,25,28)/t13-,16-. The van der Waals surface area contributed by atoms with E-state index in [2.05, 4.69) is 12.2 Å². The third-order valence-corrected chi connectivity index (χ3v) is 5.63. The largest absolute Gasteiger partial charge is 0.494 e. The number of fused-ring (bicyclic) bond motifs is 1. The highest BCUT2D eigenvalue weighted by atomic mass is 19.2. The molecule has 29 heavy (non-hydrogen) atoms. The van der Waals surface area contributed by atoms with Gasteiger partial charge in [-0.1, -0.05) is 6.92 Å². The topological polar surface area (TPSA) is 56.1 Å². The number of nitrogens with zero attached hydrogens (tertiary/aromatic N) is 2. The molecule has 0 bridgehead atoms. The Morgan fingerprint density at radius 2 is 1.90 bits per heavy atom. The Labute approximate surface area is 167 Å². The number of carbonyl (C=O) groups excluding carboxylic acids is 1. The number of hydrogen-bond donors (Lipinski definition) is 1. The summed E-state index contributed by atoms with van der Waals surface area (Å²) in [6.45, 7) is 2.28. The van der Waals surface area contributed by atoms with Crippen molar-refractivity contribution >= 4 is 22.5 Å². The van der Waals surface area contributed by atoms with E-state index in [4.69, 9.17) is 9.84 Å². The number of hydrogen-bond acceptors (Lipinski definition) is 3. The zero-order valence-corrected chi connectivity index (χ0v) is 16.4. The molecule has 0 saturated heterocycles. The maximum Gasteiger partial charge on any atom is 0.255 e. The van der Waals surface area contributed by atoms with E-state index in [9.17, 15) is 13.6 Å². The van der Waals surface area contributed by atoms with Crippen LogP contribution in [0.1, 0.15) is 49.0 Å². The number of aromatic nitrogens is 2. The summed E-state index contributed by atoms with van der Waals surface area (Å²) >= 11 is 0. The van der Waals surface area contributed by atoms with Gasteiger partial charge in [-0.3, -0.25) is 9.48 Å². The van der Waals surface area contributed by atoms with Crippen LogP contribution >= 0.6 is 0 Å². The Hall–Kier alpha value is -2.96. The molecule has 3 aromatic rings. The quantitative estimate of drug-likeness (QED) is 0.645. The lowest BCUT2D eigenvalue weighted by Crippen LogP contribution is -2.16. The van der Waals surface area contributed by atoms with Crippen LogP contribution in [0.3, 0.4) is 0 Å². The summed E-state index contributed by atoms with van der Waals surface area (Å²) in [6.07, 6.45) is 6.58. The first-order valence-electron chi connectivity index (χ1n) is 9.78. The number of ether oxygens (including phenoxy) is 1. The van der Waals surface area contributed by atoms with E-state index < -0.39 is 17.5 Å². The molecule has 2 aromatic carbocycles. The molecule has 4 rings (SSSR count). The third-order valence-electron chi connectivity index (χ3n) is 5.63. The van der Waals surface area contributed by atoms with Crippen molar-refractivity contribution in [2.75, 3.05) is 12.4 Å². The molecule has 1 fully saturated rings. The predicted octanol–water partition coefficient (Wildman–Crippen LogP) is 5.33. The molecule has 1 aliphatic rings. The lowest BCUT2D eigenvalue weighted by molar-refractivity contribution is 0.102. The number of carbonyl (C=O) groups is 1. The minimum atomic E-state index is -1.07. The molecule has 7 heteroatoms. The smallest absolute Gasteiger partial charge is 0.255 e. The van der Waals surface area contributed by atoms with E-state index in [0.29, 0.717) is 17.5 Å². The van der Waals surface area contributed by atoms with Gasteiger partial charge in [0.2, 0.25) is 0 Å². The average molecular weight is 399 g/mol. The monoisotopic (exact) mass is 399 g/mol. The number of halogens is 2. The highest BCUT2D eigenvalue weighted by Crippen LogP contribution is 2.34. The molecule has 152 valence electrons. The van der Waals surface area contributed by atoms with Gasteiger partial charge >= 0.3 is 0 Å². The number of nitrogens with one attached hydrogen (secondary N) is 1. The molecule has 0 spiro atoms. The molecule has 0 aliphatic heterocycles. The summed E-state index contributed by atoms with van der Waals surface area (Å²) in [4.78, 5) is 12.5. The van der Waals surface area contributed by atoms with Crippen LogP contribution in [0, 0.1) is 17.6 Å². The summed E-state index contributed by atoms with van der Waals surface area (Å²) in [5, 5.41) is 8.30. The fourth-order valence-electron chi connectivity index (χ4n) is 3.86. The van der Waals surface area contributed by atoms with Crippen molar-refractivity contribution < 1.29 is 18.3 Å². The van der Waals surface area contributed by atoms with E-state index >= 15 is 0 Å². The number of methoxy groups -OCH3 is 1. The highest BCUT2D eigenvalue weighted by Gasteiger charge is 2.21. The van der Waals surface area contributed by atoms with Gasteiger partial charge in [0.25, 0.3) is 5.91 Å². The minimum absolute atomic E-state index is 0.0260. The molecule has 1 aromatic heterocycles. The van der Waals surface area contributed by atoms with Gasteiger partial charge in [0, 0.05) is 23.2 Å². The molecule has 1 saturated carbocycles. The molecule has 5 nitrogen and oxygen atoms in total. The van der Waals surface area contributed by atoms with Crippen molar-refractivity contribution in [2.45, 2.75) is 38.6 Å². The number of anilines is 1. The van der Waals surface area contributed by atoms with Gasteiger partial charge in [-0.25, -0.2) is 8.78 Å². The lowest BCUT2D eigenvalue weighted by Gasteiger charge is -2.26. The van der Waals surface area contributed by atoms with Crippen LogP contribution in [0.4, 0.5) is 14.5 Å². The molecule has 0 unspecified atom stereocenters. The summed E-state index contributed by atoms with van der Waals surface area (Å²) in [6, 6.07) is 6.99. The summed E-state index contributed by atoms with van der Waals surface area (Å²) in [7, 11) is 1.51. The van der Waals surface area contributed by atoms with Gasteiger partial charge in [0.05, 0.1) is 24.4 Å². The molecule has 1 amide bonds. The van der Waals surface area contributed by atoms with E-state index in [1.165, 1.54) is 26.0 Å². The number of benzene rings is 2. The second-order valence-electron chi connectivity index (χ2n) is 7.72. The van der Waals surface area contributed by atoms with Crippen molar-refractivity contribution in [3.05, 3.63) is 53.7 Å². The Morgan fingerprint density at radius 1 is 1.14 bits per heavy atom. The predicted molar refractivity (Wildman–Crippen MR) is 107 cm³/mol. The van der Waals surface area contributed by atoms with E-state index in [0.717, 1.165) is 41.8 Å². The molecule has 1 aliphatic carbocycles. The Balaban J connectivity index is 1.61. The zero-order chi connectivity index (χ0) is 20.5. The van der Waals surface area contributed by atoms with Crippen LogP contribution in [0.25, 0.3) is 10.9 Å². The van der Waals surface area contributed by atoms with Crippen molar-refractivity contribution in [1.82, 2.24) is 9.78 Å². The molecular formula is C22H23F2N3O2. The van der Waals surface area contributed by atoms with Crippen LogP contribution < -0.4 is 10.1 Å². The number of rotatable bonds is 4. The maximum absolute atomic E-state index is 13.4. The fourth-order valence-corrected chi connectivity index (χ4v) is 3.86. The van der Waals surface area contributed by atoms with Gasteiger partial charge in [0.1, 0.15) is 5.75 Å². The molecule has 1 N–H and O–H groups in total. The first-order chi connectivity index (χ1) is 13.9. The van der Waals surface area contributed by atoms with Gasteiger partial charge in [0.15, 0.2) is 11.6 Å². The molecule has 1 heterocycles. The van der Waals surface area contributed by atoms with Crippen molar-refractivity contribution in [3.63, 3.8) is 0 Å². The first-order valence-corrected chi connectivity index (χ1v) is 9.78. The van der Waals surface area contributed by atoms with Gasteiger partial charge in [-0.15, -0.1) is 0 Å². The zero-order valence-electron chi connectivity index (χ0n) is 16.4. The average Bonchev–Trinajstić information content (AvgIpc) is 3.12. The van der Waals surface area contributed by atoms with E-state index in [-0.39, 0.29) is 5.56 Å². The van der Waals surface area contributed by atoms with Crippen molar-refractivity contribution in [1.29, 1.82) is 0 Å². The Kier molecular flexibility index (Phi) is 5.22. The third kappa shape index (κ3) is 3.95. The van der Waals surface area contributed by atoms with E-state index in [1.807, 2.05) is 10.9 Å². The van der Waals surface area contributed by atoms with Crippen LogP contribution in [0.5, 0.6) is 5.75 Å². The maximum atomic E-state index is 13.4. The fraction of sp³-hybridized carbons (Fsp3) is 0.364. The van der Waals surface area contributed by atoms with Gasteiger partial charge in [-0.2, -0.15) is 5.10 Å². The molecule has 0 atom stereocenters. The summed E-state index contributed by atoms with van der Waals surface area (Å²) in [5.74, 6) is -1.39. The second kappa shape index (κ2) is 7.81. The normalized spacial score (nSPS) is 19.3. The van der Waals surface area contributed by atoms with Gasteiger partial charge in [-0.05, 0) is 55.9 Å². The van der Waals surface area contributed by atoms with Crippen LogP contribution in [-0.4, -0.2) is 22.8 Å². The van der Waals surface area contributed by atoms with Crippen LogP contribution in [0.2, 0.25) is 0 Å². The SMILES string of the molecule is COc1cc2nn([C@H]3CC[C@H](C)CC3)cc2cc1NC(=O)c1ccc(F)c(F)c1. The molecule has 0 radical (unpaired) electrons. The summed E-state index contributed by atoms with van der Waals surface area (Å²) in [5.41, 5.74) is 1.26. The Bertz CT molecular complexity index is 1060. The highest BCUT2D eigenvalue weighted by molar-refractivity contribution is 6.06. The lowest BCUT2D eigenvalue weighted by atomic mass is 9.87. The van der Waals surface area contributed by atoms with Crippen LogP contribution in [0.15, 0.2) is 36.5 Å². The van der Waals surface area contributed by atoms with E-state index in [1.54, 1.807) is 12.1 Å². The van der Waals surface area contributed by atoms with Crippen molar-refractivity contribution in [2.24, 2.45) is 5.92 Å². The van der Waals surface area contributed by atoms with Crippen LogP contribution in [-0.2, 0) is 0 Å². The van der Waals surface area contributed by atoms with Crippen molar-refractivity contribution in [3.8, 4) is 5.75 Å².